The molecule has 114 valence electrons. The molecule has 3 rings (SSSR count). The average Bonchev–Trinajstić information content (AvgIpc) is 3.08. The first-order valence-corrected chi connectivity index (χ1v) is 9.23. The number of anilines is 3. The van der Waals surface area contributed by atoms with Crippen molar-refractivity contribution in [1.82, 2.24) is 9.97 Å². The Morgan fingerprint density at radius 1 is 0.955 bits per heavy atom. The molecular formula is C12H11N5O2S3. The Morgan fingerprint density at radius 2 is 1.59 bits per heavy atom. The lowest BCUT2D eigenvalue weighted by Gasteiger charge is -2.05. The van der Waals surface area contributed by atoms with E-state index in [2.05, 4.69) is 14.7 Å². The Hall–Kier alpha value is -2.17. The Labute approximate surface area is 134 Å². The van der Waals surface area contributed by atoms with Crippen LogP contribution in [0.5, 0.6) is 0 Å². The second kappa shape index (κ2) is 5.55. The Morgan fingerprint density at radius 3 is 2.23 bits per heavy atom. The first-order valence-electron chi connectivity index (χ1n) is 5.99. The summed E-state index contributed by atoms with van der Waals surface area (Å²) < 4.78 is 26.9. The number of sulfonamides is 1. The van der Waals surface area contributed by atoms with E-state index in [-0.39, 0.29) is 10.0 Å². The summed E-state index contributed by atoms with van der Waals surface area (Å²) in [7, 11) is -3.69. The molecule has 0 saturated carbocycles. The van der Waals surface area contributed by atoms with Gasteiger partial charge in [0.05, 0.1) is 4.90 Å². The minimum Gasteiger partial charge on any atom is -0.399 e. The largest absolute Gasteiger partial charge is 0.399 e. The van der Waals surface area contributed by atoms with Gasteiger partial charge in [0.2, 0.25) is 0 Å². The van der Waals surface area contributed by atoms with Gasteiger partial charge < -0.3 is 11.5 Å². The molecule has 0 unspecified atom stereocenters. The number of hydrogen-bond acceptors (Lipinski definition) is 8. The van der Waals surface area contributed by atoms with Crippen molar-refractivity contribution in [2.24, 2.45) is 0 Å². The molecule has 0 radical (unpaired) electrons. The molecule has 10 heteroatoms. The molecule has 0 saturated heterocycles. The van der Waals surface area contributed by atoms with Gasteiger partial charge in [-0.2, -0.15) is 0 Å². The van der Waals surface area contributed by atoms with E-state index in [0.29, 0.717) is 22.2 Å². The standard InChI is InChI=1S/C12H11N5O2S3/c13-7-1-3-8(4-2-7)22(18,19)17-12-16-10(6-21-12)9-5-20-11(14)15-9/h1-6H,13H2,(H2,14,15)(H,16,17). The lowest BCUT2D eigenvalue weighted by molar-refractivity contribution is 0.601. The van der Waals surface area contributed by atoms with Crippen LogP contribution in [0.2, 0.25) is 0 Å². The van der Waals surface area contributed by atoms with E-state index in [1.54, 1.807) is 10.8 Å². The predicted molar refractivity (Wildman–Crippen MR) is 89.3 cm³/mol. The number of nitrogens with zero attached hydrogens (tertiary/aromatic N) is 2. The van der Waals surface area contributed by atoms with Gasteiger partial charge in [0.25, 0.3) is 10.0 Å². The molecule has 2 aromatic heterocycles. The maximum absolute atomic E-state index is 12.2. The highest BCUT2D eigenvalue weighted by Crippen LogP contribution is 2.28. The maximum Gasteiger partial charge on any atom is 0.263 e. The highest BCUT2D eigenvalue weighted by atomic mass is 32.2. The van der Waals surface area contributed by atoms with Crippen LogP contribution >= 0.6 is 22.7 Å². The Balaban J connectivity index is 1.84. The molecule has 1 aromatic carbocycles. The molecule has 2 heterocycles. The molecule has 0 aliphatic rings. The number of thiazole rings is 2. The fraction of sp³-hybridized carbons (Fsp3) is 0. The minimum absolute atomic E-state index is 0.122. The summed E-state index contributed by atoms with van der Waals surface area (Å²) in [5.74, 6) is 0. The van der Waals surface area contributed by atoms with Gasteiger partial charge >= 0.3 is 0 Å². The molecule has 0 atom stereocenters. The van der Waals surface area contributed by atoms with E-state index >= 15 is 0 Å². The van der Waals surface area contributed by atoms with E-state index in [4.69, 9.17) is 11.5 Å². The average molecular weight is 353 g/mol. The van der Waals surface area contributed by atoms with Crippen molar-refractivity contribution in [3.05, 3.63) is 35.0 Å². The lowest BCUT2D eigenvalue weighted by Crippen LogP contribution is -2.12. The number of nitrogens with one attached hydrogen (secondary N) is 1. The zero-order chi connectivity index (χ0) is 15.7. The first kappa shape index (κ1) is 14.8. The highest BCUT2D eigenvalue weighted by molar-refractivity contribution is 7.93. The summed E-state index contributed by atoms with van der Waals surface area (Å²) in [6.45, 7) is 0. The molecule has 0 fully saturated rings. The molecule has 0 bridgehead atoms. The Bertz CT molecular complexity index is 899. The van der Waals surface area contributed by atoms with Crippen molar-refractivity contribution in [2.45, 2.75) is 4.90 Å². The number of nitrogens with two attached hydrogens (primary N) is 2. The number of rotatable bonds is 4. The van der Waals surface area contributed by atoms with E-state index < -0.39 is 10.0 Å². The predicted octanol–water partition coefficient (Wildman–Crippen LogP) is 2.23. The van der Waals surface area contributed by atoms with E-state index in [0.717, 1.165) is 0 Å². The van der Waals surface area contributed by atoms with Crippen LogP contribution in [0.15, 0.2) is 39.9 Å². The van der Waals surface area contributed by atoms with Gasteiger partial charge in [0.1, 0.15) is 11.4 Å². The third-order valence-corrected chi connectivity index (χ3v) is 5.62. The van der Waals surface area contributed by atoms with Crippen LogP contribution in [0, 0.1) is 0 Å². The monoisotopic (exact) mass is 353 g/mol. The second-order valence-electron chi connectivity index (χ2n) is 4.28. The zero-order valence-corrected chi connectivity index (χ0v) is 13.5. The van der Waals surface area contributed by atoms with E-state index in [1.807, 2.05) is 0 Å². The molecule has 0 aliphatic carbocycles. The van der Waals surface area contributed by atoms with Crippen molar-refractivity contribution in [3.8, 4) is 11.4 Å². The minimum atomic E-state index is -3.69. The van der Waals surface area contributed by atoms with Crippen LogP contribution < -0.4 is 16.2 Å². The van der Waals surface area contributed by atoms with Crippen LogP contribution in [-0.4, -0.2) is 18.4 Å². The quantitative estimate of drug-likeness (QED) is 0.618. The van der Waals surface area contributed by atoms with E-state index in [9.17, 15) is 8.42 Å². The van der Waals surface area contributed by atoms with Crippen LogP contribution in [0.25, 0.3) is 11.4 Å². The van der Waals surface area contributed by atoms with Gasteiger partial charge in [-0.3, -0.25) is 4.72 Å². The molecule has 3 aromatic rings. The van der Waals surface area contributed by atoms with Crippen molar-refractivity contribution in [1.29, 1.82) is 0 Å². The van der Waals surface area contributed by atoms with Crippen LogP contribution in [0.3, 0.4) is 0 Å². The van der Waals surface area contributed by atoms with Gasteiger partial charge in [-0.05, 0) is 24.3 Å². The zero-order valence-electron chi connectivity index (χ0n) is 11.1. The van der Waals surface area contributed by atoms with E-state index in [1.165, 1.54) is 46.9 Å². The van der Waals surface area contributed by atoms with Gasteiger partial charge in [-0.15, -0.1) is 22.7 Å². The van der Waals surface area contributed by atoms with Gasteiger partial charge in [0.15, 0.2) is 10.3 Å². The van der Waals surface area contributed by atoms with Crippen molar-refractivity contribution < 1.29 is 8.42 Å². The summed E-state index contributed by atoms with van der Waals surface area (Å²) in [6.07, 6.45) is 0. The second-order valence-corrected chi connectivity index (χ2v) is 7.71. The summed E-state index contributed by atoms with van der Waals surface area (Å²) in [5, 5.41) is 4.18. The summed E-state index contributed by atoms with van der Waals surface area (Å²) in [6, 6.07) is 5.93. The topological polar surface area (TPSA) is 124 Å². The highest BCUT2D eigenvalue weighted by Gasteiger charge is 2.16. The smallest absolute Gasteiger partial charge is 0.263 e. The summed E-state index contributed by atoms with van der Waals surface area (Å²) >= 11 is 2.48. The molecule has 5 N–H and O–H groups in total. The van der Waals surface area contributed by atoms with Gasteiger partial charge in [-0.25, -0.2) is 18.4 Å². The third kappa shape index (κ3) is 3.03. The molecule has 22 heavy (non-hydrogen) atoms. The molecule has 0 spiro atoms. The van der Waals surface area contributed by atoms with Crippen LogP contribution in [0.1, 0.15) is 0 Å². The number of aromatic nitrogens is 2. The Kier molecular flexibility index (Phi) is 3.72. The van der Waals surface area contributed by atoms with Crippen LogP contribution in [-0.2, 0) is 10.0 Å². The number of nitrogen functional groups attached to an aromatic ring is 2. The number of hydrogen-bond donors (Lipinski definition) is 3. The molecule has 0 amide bonds. The lowest BCUT2D eigenvalue weighted by atomic mass is 10.3. The van der Waals surface area contributed by atoms with Crippen molar-refractivity contribution in [3.63, 3.8) is 0 Å². The van der Waals surface area contributed by atoms with Crippen LogP contribution in [0.4, 0.5) is 16.0 Å². The summed E-state index contributed by atoms with van der Waals surface area (Å²) in [4.78, 5) is 8.44. The van der Waals surface area contributed by atoms with Gasteiger partial charge in [-0.1, -0.05) is 0 Å². The SMILES string of the molecule is Nc1ccc(S(=O)(=O)Nc2nc(-c3csc(N)n3)cs2)cc1. The fourth-order valence-corrected chi connectivity index (χ4v) is 4.18. The normalized spacial score (nSPS) is 11.5. The number of benzene rings is 1. The van der Waals surface area contributed by atoms with Gasteiger partial charge in [0, 0.05) is 16.4 Å². The molecular weight excluding hydrogens is 342 g/mol. The fourth-order valence-electron chi connectivity index (χ4n) is 1.66. The third-order valence-electron chi connectivity index (χ3n) is 2.70. The summed E-state index contributed by atoms with van der Waals surface area (Å²) in [5.41, 5.74) is 12.8. The molecule has 0 aliphatic heterocycles. The molecule has 7 nitrogen and oxygen atoms in total. The first-order chi connectivity index (χ1) is 10.4. The van der Waals surface area contributed by atoms with Crippen molar-refractivity contribution in [2.75, 3.05) is 16.2 Å². The maximum atomic E-state index is 12.2. The van der Waals surface area contributed by atoms with Crippen molar-refractivity contribution >= 4 is 48.6 Å².